The summed E-state index contributed by atoms with van der Waals surface area (Å²) in [5.74, 6) is 0. The van der Waals surface area contributed by atoms with E-state index < -0.39 is 10.0 Å². The predicted molar refractivity (Wildman–Crippen MR) is 76.8 cm³/mol. The zero-order valence-corrected chi connectivity index (χ0v) is 12.3. The van der Waals surface area contributed by atoms with Gasteiger partial charge < -0.3 is 5.32 Å². The van der Waals surface area contributed by atoms with Crippen LogP contribution in [0.1, 0.15) is 18.0 Å². The molecule has 0 aliphatic heterocycles. The second-order valence-electron chi connectivity index (χ2n) is 3.97. The van der Waals surface area contributed by atoms with E-state index in [2.05, 4.69) is 15.0 Å². The maximum atomic E-state index is 11.6. The van der Waals surface area contributed by atoms with Crippen molar-refractivity contribution in [2.75, 3.05) is 12.4 Å². The Morgan fingerprint density at radius 3 is 2.47 bits per heavy atom. The van der Waals surface area contributed by atoms with Gasteiger partial charge in [0.25, 0.3) is 0 Å². The van der Waals surface area contributed by atoms with Crippen molar-refractivity contribution in [3.63, 3.8) is 0 Å². The molecule has 0 spiro atoms. The van der Waals surface area contributed by atoms with Crippen molar-refractivity contribution in [2.45, 2.75) is 17.9 Å². The van der Waals surface area contributed by atoms with Crippen LogP contribution in [0.25, 0.3) is 0 Å². The van der Waals surface area contributed by atoms with Gasteiger partial charge in [-0.15, -0.1) is 11.3 Å². The number of anilines is 1. The molecule has 2 aromatic rings. The number of rotatable bonds is 5. The standard InChI is InChI=1S/C12H15N3O2S2/c1-9(12-14-7-8-18-12)15-10-3-5-11(6-4-10)19(16,17)13-2/h3-9,13,15H,1-2H3. The molecule has 1 aromatic carbocycles. The molecular formula is C12H15N3O2S2. The molecule has 0 saturated heterocycles. The third-order valence-corrected chi connectivity index (χ3v) is 5.03. The Balaban J connectivity index is 2.11. The highest BCUT2D eigenvalue weighted by Crippen LogP contribution is 2.21. The van der Waals surface area contributed by atoms with Crippen molar-refractivity contribution in [3.8, 4) is 0 Å². The first-order chi connectivity index (χ1) is 9.03. The molecule has 5 nitrogen and oxygen atoms in total. The monoisotopic (exact) mass is 297 g/mol. The largest absolute Gasteiger partial charge is 0.376 e. The summed E-state index contributed by atoms with van der Waals surface area (Å²) >= 11 is 1.58. The van der Waals surface area contributed by atoms with Gasteiger partial charge >= 0.3 is 0 Å². The molecule has 2 N–H and O–H groups in total. The van der Waals surface area contributed by atoms with E-state index >= 15 is 0 Å². The van der Waals surface area contributed by atoms with Gasteiger partial charge in [0.15, 0.2) is 0 Å². The lowest BCUT2D eigenvalue weighted by molar-refractivity contribution is 0.588. The Hall–Kier alpha value is -1.44. The summed E-state index contributed by atoms with van der Waals surface area (Å²) in [5, 5.41) is 6.19. The number of benzene rings is 1. The summed E-state index contributed by atoms with van der Waals surface area (Å²) in [7, 11) is -1.98. The third-order valence-electron chi connectivity index (χ3n) is 2.64. The first-order valence-electron chi connectivity index (χ1n) is 5.72. The van der Waals surface area contributed by atoms with Crippen LogP contribution >= 0.6 is 11.3 Å². The zero-order chi connectivity index (χ0) is 13.9. The predicted octanol–water partition coefficient (Wildman–Crippen LogP) is 2.22. The van der Waals surface area contributed by atoms with E-state index in [1.807, 2.05) is 12.3 Å². The van der Waals surface area contributed by atoms with E-state index in [4.69, 9.17) is 0 Å². The molecule has 0 fully saturated rings. The highest BCUT2D eigenvalue weighted by molar-refractivity contribution is 7.89. The minimum Gasteiger partial charge on any atom is -0.376 e. The Labute approximate surface area is 116 Å². The van der Waals surface area contributed by atoms with Crippen LogP contribution in [-0.2, 0) is 10.0 Å². The fourth-order valence-electron chi connectivity index (χ4n) is 1.61. The van der Waals surface area contributed by atoms with Gasteiger partial charge in [0.1, 0.15) is 5.01 Å². The maximum absolute atomic E-state index is 11.6. The topological polar surface area (TPSA) is 71.1 Å². The molecule has 0 saturated carbocycles. The Morgan fingerprint density at radius 2 is 1.95 bits per heavy atom. The molecule has 0 radical (unpaired) electrons. The van der Waals surface area contributed by atoms with E-state index in [9.17, 15) is 8.42 Å². The molecule has 19 heavy (non-hydrogen) atoms. The summed E-state index contributed by atoms with van der Waals surface area (Å²) in [4.78, 5) is 4.48. The number of nitrogens with zero attached hydrogens (tertiary/aromatic N) is 1. The highest BCUT2D eigenvalue weighted by Gasteiger charge is 2.11. The van der Waals surface area contributed by atoms with Crippen molar-refractivity contribution in [2.24, 2.45) is 0 Å². The van der Waals surface area contributed by atoms with Gasteiger partial charge in [-0.2, -0.15) is 0 Å². The van der Waals surface area contributed by atoms with Gasteiger partial charge in [-0.1, -0.05) is 0 Å². The summed E-state index contributed by atoms with van der Waals surface area (Å²) in [5.41, 5.74) is 0.859. The van der Waals surface area contributed by atoms with E-state index in [0.717, 1.165) is 10.7 Å². The fraction of sp³-hybridized carbons (Fsp3) is 0.250. The fourth-order valence-corrected chi connectivity index (χ4v) is 2.98. The van der Waals surface area contributed by atoms with E-state index in [1.54, 1.807) is 41.8 Å². The first kappa shape index (κ1) is 14.0. The van der Waals surface area contributed by atoms with Crippen LogP contribution < -0.4 is 10.0 Å². The summed E-state index contributed by atoms with van der Waals surface area (Å²) in [6.07, 6.45) is 1.76. The van der Waals surface area contributed by atoms with Gasteiger partial charge in [-0.3, -0.25) is 0 Å². The van der Waals surface area contributed by atoms with E-state index in [1.165, 1.54) is 7.05 Å². The Bertz CT molecular complexity index is 622. The number of hydrogen-bond donors (Lipinski definition) is 2. The molecule has 102 valence electrons. The van der Waals surface area contributed by atoms with Crippen LogP contribution in [0, 0.1) is 0 Å². The van der Waals surface area contributed by atoms with Gasteiger partial charge in [0.2, 0.25) is 10.0 Å². The SMILES string of the molecule is CNS(=O)(=O)c1ccc(NC(C)c2nccs2)cc1. The van der Waals surface area contributed by atoms with Crippen molar-refractivity contribution in [1.82, 2.24) is 9.71 Å². The molecule has 1 aromatic heterocycles. The van der Waals surface area contributed by atoms with E-state index in [0.29, 0.717) is 0 Å². The van der Waals surface area contributed by atoms with Crippen molar-refractivity contribution < 1.29 is 8.42 Å². The quantitative estimate of drug-likeness (QED) is 0.888. The van der Waals surface area contributed by atoms with Crippen LogP contribution in [0.5, 0.6) is 0 Å². The molecule has 0 aliphatic carbocycles. The van der Waals surface area contributed by atoms with Gasteiger partial charge in [0, 0.05) is 17.3 Å². The van der Waals surface area contributed by atoms with Crippen LogP contribution in [-0.4, -0.2) is 20.4 Å². The van der Waals surface area contributed by atoms with Crippen molar-refractivity contribution in [3.05, 3.63) is 40.8 Å². The lowest BCUT2D eigenvalue weighted by atomic mass is 10.3. The molecule has 1 atom stereocenters. The molecule has 1 unspecified atom stereocenters. The summed E-state index contributed by atoms with van der Waals surface area (Å²) < 4.78 is 25.4. The number of hydrogen-bond acceptors (Lipinski definition) is 5. The molecule has 1 heterocycles. The number of sulfonamides is 1. The highest BCUT2D eigenvalue weighted by atomic mass is 32.2. The summed E-state index contributed by atoms with van der Waals surface area (Å²) in [6, 6.07) is 6.72. The van der Waals surface area contributed by atoms with Crippen LogP contribution in [0.4, 0.5) is 5.69 Å². The zero-order valence-electron chi connectivity index (χ0n) is 10.6. The minimum atomic E-state index is -3.37. The van der Waals surface area contributed by atoms with Crippen LogP contribution in [0.2, 0.25) is 0 Å². The van der Waals surface area contributed by atoms with Gasteiger partial charge in [-0.25, -0.2) is 18.1 Å². The lowest BCUT2D eigenvalue weighted by Gasteiger charge is -2.13. The van der Waals surface area contributed by atoms with Crippen molar-refractivity contribution in [1.29, 1.82) is 0 Å². The Morgan fingerprint density at radius 1 is 1.26 bits per heavy atom. The second kappa shape index (κ2) is 5.68. The molecular weight excluding hydrogens is 282 g/mol. The lowest BCUT2D eigenvalue weighted by Crippen LogP contribution is -2.18. The average Bonchev–Trinajstić information content (AvgIpc) is 2.93. The van der Waals surface area contributed by atoms with E-state index in [-0.39, 0.29) is 10.9 Å². The van der Waals surface area contributed by atoms with Crippen LogP contribution in [0.3, 0.4) is 0 Å². The first-order valence-corrected chi connectivity index (χ1v) is 8.09. The van der Waals surface area contributed by atoms with Gasteiger partial charge in [0.05, 0.1) is 10.9 Å². The third kappa shape index (κ3) is 3.31. The van der Waals surface area contributed by atoms with Gasteiger partial charge in [-0.05, 0) is 38.2 Å². The molecule has 0 aliphatic rings. The molecule has 7 heteroatoms. The molecule has 2 rings (SSSR count). The number of aromatic nitrogens is 1. The minimum absolute atomic E-state index is 0.0896. The molecule has 0 bridgehead atoms. The smallest absolute Gasteiger partial charge is 0.240 e. The van der Waals surface area contributed by atoms with Crippen molar-refractivity contribution >= 4 is 27.0 Å². The number of thiazole rings is 1. The Kier molecular flexibility index (Phi) is 4.18. The molecule has 0 amide bonds. The second-order valence-corrected chi connectivity index (χ2v) is 6.78. The summed E-state index contributed by atoms with van der Waals surface area (Å²) in [6.45, 7) is 2.01. The number of nitrogens with one attached hydrogen (secondary N) is 2. The van der Waals surface area contributed by atoms with Crippen LogP contribution in [0.15, 0.2) is 40.7 Å². The maximum Gasteiger partial charge on any atom is 0.240 e. The normalized spacial score (nSPS) is 13.2. The average molecular weight is 297 g/mol.